The molecule has 0 saturated carbocycles. The molecule has 1 aromatic carbocycles. The molecule has 0 saturated heterocycles. The Hall–Kier alpha value is -1.06. The van der Waals surface area contributed by atoms with E-state index in [-0.39, 0.29) is 11.8 Å². The van der Waals surface area contributed by atoms with Crippen LogP contribution in [0.2, 0.25) is 0 Å². The van der Waals surface area contributed by atoms with E-state index in [0.29, 0.717) is 13.2 Å². The van der Waals surface area contributed by atoms with Crippen LogP contribution in [-0.2, 0) is 11.3 Å². The Labute approximate surface area is 70.8 Å². The summed E-state index contributed by atoms with van der Waals surface area (Å²) in [5, 5.41) is 9.44. The second-order valence-electron chi connectivity index (χ2n) is 2.97. The molecule has 3 N–H and O–H groups in total. The van der Waals surface area contributed by atoms with Gasteiger partial charge < -0.3 is 15.6 Å². The van der Waals surface area contributed by atoms with Crippen LogP contribution in [0.1, 0.15) is 17.2 Å². The van der Waals surface area contributed by atoms with Crippen molar-refractivity contribution in [2.75, 3.05) is 6.61 Å². The van der Waals surface area contributed by atoms with Crippen molar-refractivity contribution in [3.05, 3.63) is 29.3 Å². The summed E-state index contributed by atoms with van der Waals surface area (Å²) >= 11 is 0. The monoisotopic (exact) mass is 165 g/mol. The van der Waals surface area contributed by atoms with Crippen molar-refractivity contribution in [2.24, 2.45) is 5.73 Å². The van der Waals surface area contributed by atoms with Crippen LogP contribution in [0, 0.1) is 0 Å². The zero-order chi connectivity index (χ0) is 8.55. The van der Waals surface area contributed by atoms with Crippen LogP contribution in [0.4, 0.5) is 0 Å². The zero-order valence-corrected chi connectivity index (χ0v) is 6.66. The van der Waals surface area contributed by atoms with Gasteiger partial charge in [0.1, 0.15) is 5.75 Å². The van der Waals surface area contributed by atoms with Gasteiger partial charge in [-0.2, -0.15) is 0 Å². The third-order valence-corrected chi connectivity index (χ3v) is 2.13. The highest BCUT2D eigenvalue weighted by molar-refractivity contribution is 5.41. The first kappa shape index (κ1) is 7.58. The predicted octanol–water partition coefficient (Wildman–Crippen LogP) is 0.922. The van der Waals surface area contributed by atoms with Crippen molar-refractivity contribution in [2.45, 2.75) is 12.6 Å². The van der Waals surface area contributed by atoms with Crippen LogP contribution < -0.4 is 5.73 Å². The molecule has 0 aliphatic carbocycles. The minimum absolute atomic E-state index is 0.0964. The average molecular weight is 165 g/mol. The Morgan fingerprint density at radius 2 is 2.33 bits per heavy atom. The van der Waals surface area contributed by atoms with Crippen LogP contribution in [0.5, 0.6) is 5.75 Å². The van der Waals surface area contributed by atoms with Gasteiger partial charge in [0.25, 0.3) is 0 Å². The largest absolute Gasteiger partial charge is 0.508 e. The van der Waals surface area contributed by atoms with Gasteiger partial charge in [-0.3, -0.25) is 0 Å². The fraction of sp³-hybridized carbons (Fsp3) is 0.333. The molecule has 64 valence electrons. The number of phenolic OH excluding ortho intramolecular Hbond substituents is 1. The van der Waals surface area contributed by atoms with E-state index >= 15 is 0 Å². The van der Waals surface area contributed by atoms with Crippen LogP contribution in [0.25, 0.3) is 0 Å². The highest BCUT2D eigenvalue weighted by atomic mass is 16.5. The Bertz CT molecular complexity index is 299. The summed E-state index contributed by atoms with van der Waals surface area (Å²) in [4.78, 5) is 0. The number of rotatable bonds is 0. The van der Waals surface area contributed by atoms with E-state index in [2.05, 4.69) is 0 Å². The van der Waals surface area contributed by atoms with Crippen LogP contribution in [-0.4, -0.2) is 11.7 Å². The van der Waals surface area contributed by atoms with Gasteiger partial charge in [0, 0.05) is 5.56 Å². The Balaban J connectivity index is 2.52. The van der Waals surface area contributed by atoms with E-state index in [0.717, 1.165) is 11.1 Å². The van der Waals surface area contributed by atoms with Crippen LogP contribution in [0.15, 0.2) is 18.2 Å². The fourth-order valence-electron chi connectivity index (χ4n) is 1.47. The Morgan fingerprint density at radius 1 is 1.50 bits per heavy atom. The van der Waals surface area contributed by atoms with Crippen molar-refractivity contribution in [1.29, 1.82) is 0 Å². The smallest absolute Gasteiger partial charge is 0.121 e. The summed E-state index contributed by atoms with van der Waals surface area (Å²) in [6.07, 6.45) is 0. The molecule has 1 atom stereocenters. The quantitative estimate of drug-likeness (QED) is 0.601. The topological polar surface area (TPSA) is 55.5 Å². The number of ether oxygens (including phenoxy) is 1. The van der Waals surface area contributed by atoms with Crippen LogP contribution in [0.3, 0.4) is 0 Å². The number of aromatic hydroxyl groups is 1. The van der Waals surface area contributed by atoms with Gasteiger partial charge >= 0.3 is 0 Å². The lowest BCUT2D eigenvalue weighted by Crippen LogP contribution is -2.23. The highest BCUT2D eigenvalue weighted by Gasteiger charge is 2.18. The summed E-state index contributed by atoms with van der Waals surface area (Å²) in [7, 11) is 0. The maximum atomic E-state index is 9.44. The minimum Gasteiger partial charge on any atom is -0.508 e. The van der Waals surface area contributed by atoms with Gasteiger partial charge in [0.05, 0.1) is 19.3 Å². The summed E-state index contributed by atoms with van der Waals surface area (Å²) in [6, 6.07) is 5.29. The molecule has 12 heavy (non-hydrogen) atoms. The van der Waals surface area contributed by atoms with Gasteiger partial charge in [-0.1, -0.05) is 12.1 Å². The van der Waals surface area contributed by atoms with E-state index in [4.69, 9.17) is 10.5 Å². The molecule has 1 aliphatic rings. The molecule has 0 fully saturated rings. The lowest BCUT2D eigenvalue weighted by molar-refractivity contribution is 0.0904. The van der Waals surface area contributed by atoms with Gasteiger partial charge in [-0.15, -0.1) is 0 Å². The third kappa shape index (κ3) is 1.07. The normalized spacial score (nSPS) is 21.9. The summed E-state index contributed by atoms with van der Waals surface area (Å²) < 4.78 is 5.20. The molecule has 1 heterocycles. The standard InChI is InChI=1S/C9H11NO2/c10-8-5-12-4-7-6(8)2-1-3-9(7)11/h1-3,8,11H,4-5,10H2. The van der Waals surface area contributed by atoms with Crippen molar-refractivity contribution in [3.63, 3.8) is 0 Å². The summed E-state index contributed by atoms with van der Waals surface area (Å²) in [6.45, 7) is 1.01. The predicted molar refractivity (Wildman–Crippen MR) is 44.7 cm³/mol. The molecule has 0 bridgehead atoms. The average Bonchev–Trinajstić information content (AvgIpc) is 2.07. The number of hydrogen-bond acceptors (Lipinski definition) is 3. The molecule has 1 unspecified atom stereocenters. The summed E-state index contributed by atoms with van der Waals surface area (Å²) in [5.41, 5.74) is 7.61. The maximum Gasteiger partial charge on any atom is 0.121 e. The first-order valence-electron chi connectivity index (χ1n) is 3.93. The molecular formula is C9H11NO2. The summed E-state index contributed by atoms with van der Waals surface area (Å²) in [5.74, 6) is 0.280. The van der Waals surface area contributed by atoms with Crippen molar-refractivity contribution >= 4 is 0 Å². The molecule has 0 radical (unpaired) electrons. The molecule has 3 nitrogen and oxygen atoms in total. The number of benzene rings is 1. The molecule has 1 aromatic rings. The van der Waals surface area contributed by atoms with E-state index in [1.807, 2.05) is 6.07 Å². The molecule has 0 amide bonds. The first-order valence-corrected chi connectivity index (χ1v) is 3.93. The lowest BCUT2D eigenvalue weighted by atomic mass is 9.99. The third-order valence-electron chi connectivity index (χ3n) is 2.13. The highest BCUT2D eigenvalue weighted by Crippen LogP contribution is 2.29. The number of fused-ring (bicyclic) bond motifs is 1. The fourth-order valence-corrected chi connectivity index (χ4v) is 1.47. The molecular weight excluding hydrogens is 154 g/mol. The maximum absolute atomic E-state index is 9.44. The first-order chi connectivity index (χ1) is 5.79. The van der Waals surface area contributed by atoms with Gasteiger partial charge in [0.2, 0.25) is 0 Å². The van der Waals surface area contributed by atoms with Gasteiger partial charge in [0.15, 0.2) is 0 Å². The van der Waals surface area contributed by atoms with Crippen molar-refractivity contribution < 1.29 is 9.84 Å². The number of phenols is 1. The molecule has 2 rings (SSSR count). The second-order valence-corrected chi connectivity index (χ2v) is 2.97. The molecule has 0 spiro atoms. The van der Waals surface area contributed by atoms with Crippen molar-refractivity contribution in [3.8, 4) is 5.75 Å². The van der Waals surface area contributed by atoms with E-state index < -0.39 is 0 Å². The van der Waals surface area contributed by atoms with Gasteiger partial charge in [-0.25, -0.2) is 0 Å². The second kappa shape index (κ2) is 2.77. The van der Waals surface area contributed by atoms with Gasteiger partial charge in [-0.05, 0) is 11.6 Å². The van der Waals surface area contributed by atoms with E-state index in [1.54, 1.807) is 12.1 Å². The Kier molecular flexibility index (Phi) is 1.75. The van der Waals surface area contributed by atoms with E-state index in [1.165, 1.54) is 0 Å². The number of nitrogens with two attached hydrogens (primary N) is 1. The Morgan fingerprint density at radius 3 is 3.08 bits per heavy atom. The van der Waals surface area contributed by atoms with Crippen LogP contribution >= 0.6 is 0 Å². The molecule has 1 aliphatic heterocycles. The molecule has 3 heteroatoms. The van der Waals surface area contributed by atoms with E-state index in [9.17, 15) is 5.11 Å². The minimum atomic E-state index is -0.0964. The number of hydrogen-bond donors (Lipinski definition) is 2. The molecule has 0 aromatic heterocycles. The lowest BCUT2D eigenvalue weighted by Gasteiger charge is -2.22. The van der Waals surface area contributed by atoms with Crippen molar-refractivity contribution in [1.82, 2.24) is 0 Å². The SMILES string of the molecule is NC1COCc2c(O)cccc21. The zero-order valence-electron chi connectivity index (χ0n) is 6.66.